The third-order valence-electron chi connectivity index (χ3n) is 3.62. The Kier molecular flexibility index (Phi) is 7.28. The lowest BCUT2D eigenvalue weighted by Gasteiger charge is -2.18. The standard InChI is InChI=1S/C18H22FN3O4S/c1-2-16(26-17-9-4-3-8-15(17)19)18(23)22-13-6-5-7-14(12-13)27(24,25)21-11-10-20/h3-9,12,16,21H,2,10-11,20H2,1H3,(H,22,23). The molecule has 0 aromatic heterocycles. The molecule has 2 aromatic carbocycles. The first kappa shape index (κ1) is 20.8. The molecule has 0 heterocycles. The molecule has 0 spiro atoms. The Morgan fingerprint density at radius 3 is 2.63 bits per heavy atom. The molecule has 0 aliphatic rings. The number of halogens is 1. The van der Waals surface area contributed by atoms with Crippen LogP contribution in [0.2, 0.25) is 0 Å². The average molecular weight is 395 g/mol. The summed E-state index contributed by atoms with van der Waals surface area (Å²) in [7, 11) is -3.72. The molecule has 0 bridgehead atoms. The third kappa shape index (κ3) is 5.75. The van der Waals surface area contributed by atoms with E-state index in [0.29, 0.717) is 6.42 Å². The number of hydrogen-bond acceptors (Lipinski definition) is 5. The minimum atomic E-state index is -3.72. The smallest absolute Gasteiger partial charge is 0.265 e. The van der Waals surface area contributed by atoms with Crippen LogP contribution in [0.25, 0.3) is 0 Å². The van der Waals surface area contributed by atoms with Crippen LogP contribution in [0.4, 0.5) is 10.1 Å². The van der Waals surface area contributed by atoms with Crippen molar-refractivity contribution in [3.8, 4) is 5.75 Å². The molecule has 2 rings (SSSR count). The van der Waals surface area contributed by atoms with Crippen LogP contribution in [-0.2, 0) is 14.8 Å². The predicted octanol–water partition coefficient (Wildman–Crippen LogP) is 1.86. The number of nitrogens with two attached hydrogens (primary N) is 1. The summed E-state index contributed by atoms with van der Waals surface area (Å²) in [6.07, 6.45) is -0.631. The number of carbonyl (C=O) groups is 1. The Balaban J connectivity index is 2.12. The fourth-order valence-corrected chi connectivity index (χ4v) is 3.35. The van der Waals surface area contributed by atoms with E-state index in [4.69, 9.17) is 10.5 Å². The number of carbonyl (C=O) groups excluding carboxylic acids is 1. The number of rotatable bonds is 9. The predicted molar refractivity (Wildman–Crippen MR) is 100 cm³/mol. The average Bonchev–Trinajstić information content (AvgIpc) is 2.66. The van der Waals surface area contributed by atoms with E-state index in [1.807, 2.05) is 0 Å². The summed E-state index contributed by atoms with van der Waals surface area (Å²) in [5.41, 5.74) is 5.59. The van der Waals surface area contributed by atoms with E-state index in [1.54, 1.807) is 19.1 Å². The quantitative estimate of drug-likeness (QED) is 0.600. The number of benzene rings is 2. The highest BCUT2D eigenvalue weighted by Gasteiger charge is 2.21. The highest BCUT2D eigenvalue weighted by Crippen LogP contribution is 2.20. The van der Waals surface area contributed by atoms with Crippen LogP contribution in [0.15, 0.2) is 53.4 Å². The van der Waals surface area contributed by atoms with E-state index in [0.717, 1.165) is 0 Å². The van der Waals surface area contributed by atoms with Crippen LogP contribution in [0.3, 0.4) is 0 Å². The summed E-state index contributed by atoms with van der Waals surface area (Å²) >= 11 is 0. The van der Waals surface area contributed by atoms with Gasteiger partial charge in [-0.2, -0.15) is 0 Å². The molecule has 27 heavy (non-hydrogen) atoms. The van der Waals surface area contributed by atoms with Gasteiger partial charge >= 0.3 is 0 Å². The van der Waals surface area contributed by atoms with Crippen molar-refractivity contribution in [3.63, 3.8) is 0 Å². The first-order valence-corrected chi connectivity index (χ1v) is 9.87. The summed E-state index contributed by atoms with van der Waals surface area (Å²) in [5.74, 6) is -1.10. The Morgan fingerprint density at radius 2 is 1.96 bits per heavy atom. The molecule has 4 N–H and O–H groups in total. The molecule has 7 nitrogen and oxygen atoms in total. The van der Waals surface area contributed by atoms with Gasteiger partial charge in [0.2, 0.25) is 10.0 Å². The van der Waals surface area contributed by atoms with Crippen molar-refractivity contribution in [3.05, 3.63) is 54.3 Å². The molecular weight excluding hydrogens is 373 g/mol. The fourth-order valence-electron chi connectivity index (χ4n) is 2.26. The first-order chi connectivity index (χ1) is 12.9. The molecule has 0 aliphatic carbocycles. The highest BCUT2D eigenvalue weighted by molar-refractivity contribution is 7.89. The third-order valence-corrected chi connectivity index (χ3v) is 5.08. The van der Waals surface area contributed by atoms with Gasteiger partial charge < -0.3 is 15.8 Å². The van der Waals surface area contributed by atoms with Gasteiger partial charge in [0.05, 0.1) is 4.90 Å². The van der Waals surface area contributed by atoms with E-state index in [1.165, 1.54) is 36.4 Å². The fraction of sp³-hybridized carbons (Fsp3) is 0.278. The van der Waals surface area contributed by atoms with Gasteiger partial charge in [-0.15, -0.1) is 0 Å². The SMILES string of the molecule is CCC(Oc1ccccc1F)C(=O)Nc1cccc(S(=O)(=O)NCCN)c1. The molecule has 1 amide bonds. The second-order valence-corrected chi connectivity index (χ2v) is 7.42. The Bertz CT molecular complexity index is 890. The lowest BCUT2D eigenvalue weighted by molar-refractivity contribution is -0.122. The highest BCUT2D eigenvalue weighted by atomic mass is 32.2. The number of sulfonamides is 1. The van der Waals surface area contributed by atoms with Crippen LogP contribution < -0.4 is 20.5 Å². The monoisotopic (exact) mass is 395 g/mol. The summed E-state index contributed by atoms with van der Waals surface area (Å²) in [6.45, 7) is 2.00. The molecule has 0 saturated heterocycles. The molecular formula is C18H22FN3O4S. The van der Waals surface area contributed by atoms with Crippen molar-refractivity contribution in [2.45, 2.75) is 24.3 Å². The summed E-state index contributed by atoms with van der Waals surface area (Å²) in [5, 5.41) is 2.60. The van der Waals surface area contributed by atoms with Gasteiger partial charge in [-0.3, -0.25) is 4.79 Å². The van der Waals surface area contributed by atoms with E-state index in [2.05, 4.69) is 10.0 Å². The van der Waals surface area contributed by atoms with Gasteiger partial charge in [-0.25, -0.2) is 17.5 Å². The zero-order chi connectivity index (χ0) is 19.9. The first-order valence-electron chi connectivity index (χ1n) is 8.39. The van der Waals surface area contributed by atoms with Gasteiger partial charge in [0.15, 0.2) is 17.7 Å². The Morgan fingerprint density at radius 1 is 1.22 bits per heavy atom. The van der Waals surface area contributed by atoms with Crippen LogP contribution >= 0.6 is 0 Å². The molecule has 9 heteroatoms. The van der Waals surface area contributed by atoms with Crippen molar-refractivity contribution >= 4 is 21.6 Å². The molecule has 0 saturated carbocycles. The van der Waals surface area contributed by atoms with Crippen molar-refractivity contribution < 1.29 is 22.3 Å². The maximum Gasteiger partial charge on any atom is 0.265 e. The molecule has 146 valence electrons. The lowest BCUT2D eigenvalue weighted by atomic mass is 10.2. The van der Waals surface area contributed by atoms with Gasteiger partial charge in [0.1, 0.15) is 0 Å². The minimum Gasteiger partial charge on any atom is -0.478 e. The van der Waals surface area contributed by atoms with E-state index in [9.17, 15) is 17.6 Å². The number of hydrogen-bond donors (Lipinski definition) is 3. The van der Waals surface area contributed by atoms with Gasteiger partial charge in [0, 0.05) is 18.8 Å². The number of para-hydroxylation sites is 1. The van der Waals surface area contributed by atoms with Crippen LogP contribution in [0, 0.1) is 5.82 Å². The molecule has 0 aliphatic heterocycles. The summed E-state index contributed by atoms with van der Waals surface area (Å²) in [6, 6.07) is 11.6. The van der Waals surface area contributed by atoms with E-state index >= 15 is 0 Å². The van der Waals surface area contributed by atoms with Crippen LogP contribution in [0.1, 0.15) is 13.3 Å². The number of amides is 1. The maximum atomic E-state index is 13.7. The molecule has 1 atom stereocenters. The van der Waals surface area contributed by atoms with E-state index < -0.39 is 27.9 Å². The zero-order valence-electron chi connectivity index (χ0n) is 14.8. The van der Waals surface area contributed by atoms with Gasteiger partial charge in [0.25, 0.3) is 5.91 Å². The Labute approximate surface area is 157 Å². The number of ether oxygens (including phenoxy) is 1. The summed E-state index contributed by atoms with van der Waals surface area (Å²) in [4.78, 5) is 12.4. The zero-order valence-corrected chi connectivity index (χ0v) is 15.6. The lowest BCUT2D eigenvalue weighted by Crippen LogP contribution is -2.33. The Hall–Kier alpha value is -2.49. The maximum absolute atomic E-state index is 13.7. The normalized spacial score (nSPS) is 12.4. The van der Waals surface area contributed by atoms with Crippen molar-refractivity contribution in [2.24, 2.45) is 5.73 Å². The molecule has 1 unspecified atom stereocenters. The van der Waals surface area contributed by atoms with Gasteiger partial charge in [-0.05, 0) is 36.8 Å². The second kappa shape index (κ2) is 9.45. The minimum absolute atomic E-state index is 0.00294. The number of nitrogens with one attached hydrogen (secondary N) is 2. The largest absolute Gasteiger partial charge is 0.478 e. The van der Waals surface area contributed by atoms with Crippen LogP contribution in [-0.4, -0.2) is 33.5 Å². The van der Waals surface area contributed by atoms with Crippen molar-refractivity contribution in [1.29, 1.82) is 0 Å². The van der Waals surface area contributed by atoms with Crippen molar-refractivity contribution in [2.75, 3.05) is 18.4 Å². The van der Waals surface area contributed by atoms with Gasteiger partial charge in [-0.1, -0.05) is 25.1 Å². The topological polar surface area (TPSA) is 111 Å². The van der Waals surface area contributed by atoms with Crippen LogP contribution in [0.5, 0.6) is 5.75 Å². The van der Waals surface area contributed by atoms with E-state index in [-0.39, 0.29) is 29.4 Å². The second-order valence-electron chi connectivity index (χ2n) is 5.65. The molecule has 2 aromatic rings. The van der Waals surface area contributed by atoms with Crippen molar-refractivity contribution in [1.82, 2.24) is 4.72 Å². The molecule has 0 radical (unpaired) electrons. The molecule has 0 fully saturated rings. The summed E-state index contributed by atoms with van der Waals surface area (Å²) < 4.78 is 45.8. The number of anilines is 1.